The maximum atomic E-state index is 11.4. The van der Waals surface area contributed by atoms with Crippen molar-refractivity contribution in [2.75, 3.05) is 19.7 Å². The van der Waals surface area contributed by atoms with Gasteiger partial charge in [-0.25, -0.2) is 4.79 Å². The fraction of sp³-hybridized carbons (Fsp3) is 0.500. The summed E-state index contributed by atoms with van der Waals surface area (Å²) in [6.07, 6.45) is -0.412. The number of cyclic esters (lactones) is 1. The number of ether oxygens (including phenoxy) is 2. The van der Waals surface area contributed by atoms with Gasteiger partial charge in [-0.15, -0.1) is 0 Å². The second-order valence-electron chi connectivity index (χ2n) is 4.62. The van der Waals surface area contributed by atoms with E-state index in [0.29, 0.717) is 19.7 Å². The van der Waals surface area contributed by atoms with Crippen LogP contribution in [0.1, 0.15) is 18.1 Å². The van der Waals surface area contributed by atoms with Gasteiger partial charge in [0.1, 0.15) is 12.4 Å². The Morgan fingerprint density at radius 1 is 1.44 bits per heavy atom. The fourth-order valence-electron chi connectivity index (χ4n) is 2.06. The van der Waals surface area contributed by atoms with E-state index in [1.807, 2.05) is 26.0 Å². The Kier molecular flexibility index (Phi) is 3.75. The van der Waals surface area contributed by atoms with E-state index in [9.17, 15) is 4.79 Å². The molecule has 1 aliphatic heterocycles. The highest BCUT2D eigenvalue weighted by Crippen LogP contribution is 2.20. The van der Waals surface area contributed by atoms with E-state index < -0.39 is 0 Å². The van der Waals surface area contributed by atoms with Crippen molar-refractivity contribution in [1.82, 2.24) is 4.90 Å². The molecule has 98 valence electrons. The third-order valence-electron chi connectivity index (χ3n) is 3.09. The molecule has 1 heterocycles. The van der Waals surface area contributed by atoms with Crippen LogP contribution in [-0.2, 0) is 4.74 Å². The van der Waals surface area contributed by atoms with Gasteiger partial charge in [0.05, 0.1) is 6.54 Å². The topological polar surface area (TPSA) is 38.8 Å². The molecule has 0 aliphatic carbocycles. The monoisotopic (exact) mass is 249 g/mol. The van der Waals surface area contributed by atoms with Crippen LogP contribution in [-0.4, -0.2) is 36.8 Å². The molecule has 2 rings (SSSR count). The van der Waals surface area contributed by atoms with E-state index in [2.05, 4.69) is 13.0 Å². The van der Waals surface area contributed by atoms with Gasteiger partial charge in [0.2, 0.25) is 0 Å². The molecule has 1 aromatic carbocycles. The number of amides is 1. The van der Waals surface area contributed by atoms with Crippen LogP contribution >= 0.6 is 0 Å². The van der Waals surface area contributed by atoms with E-state index in [1.165, 1.54) is 5.56 Å². The average molecular weight is 249 g/mol. The van der Waals surface area contributed by atoms with Crippen molar-refractivity contribution in [2.45, 2.75) is 26.9 Å². The highest BCUT2D eigenvalue weighted by Gasteiger charge is 2.30. The maximum Gasteiger partial charge on any atom is 0.410 e. The van der Waals surface area contributed by atoms with Gasteiger partial charge in [-0.3, -0.25) is 0 Å². The lowest BCUT2D eigenvalue weighted by Gasteiger charge is -2.13. The number of rotatable bonds is 4. The van der Waals surface area contributed by atoms with Crippen LogP contribution in [0.15, 0.2) is 18.2 Å². The molecule has 1 amide bonds. The summed E-state index contributed by atoms with van der Waals surface area (Å²) in [7, 11) is 0. The Balaban J connectivity index is 1.91. The lowest BCUT2D eigenvalue weighted by molar-refractivity contribution is 0.102. The molecule has 1 aliphatic rings. The number of nitrogens with zero attached hydrogens (tertiary/aromatic N) is 1. The molecular formula is C14H19NO3. The van der Waals surface area contributed by atoms with Gasteiger partial charge < -0.3 is 14.4 Å². The molecule has 0 saturated carbocycles. The summed E-state index contributed by atoms with van der Waals surface area (Å²) in [5, 5.41) is 0. The molecule has 1 aromatic rings. The highest BCUT2D eigenvalue weighted by atomic mass is 16.6. The Morgan fingerprint density at radius 2 is 2.22 bits per heavy atom. The van der Waals surface area contributed by atoms with E-state index in [4.69, 9.17) is 9.47 Å². The Labute approximate surface area is 107 Å². The third-order valence-corrected chi connectivity index (χ3v) is 3.09. The molecular weight excluding hydrogens is 230 g/mol. The van der Waals surface area contributed by atoms with Crippen molar-refractivity contribution < 1.29 is 14.3 Å². The zero-order valence-corrected chi connectivity index (χ0v) is 11.1. The predicted octanol–water partition coefficient (Wildman–Crippen LogP) is 2.52. The minimum absolute atomic E-state index is 0.168. The minimum atomic E-state index is -0.244. The molecule has 0 radical (unpaired) electrons. The Morgan fingerprint density at radius 3 is 2.83 bits per heavy atom. The number of aryl methyl sites for hydroxylation is 2. The smallest absolute Gasteiger partial charge is 0.410 e. The first-order chi connectivity index (χ1) is 8.60. The molecule has 0 bridgehead atoms. The van der Waals surface area contributed by atoms with Crippen LogP contribution < -0.4 is 4.74 Å². The molecule has 0 spiro atoms. The first-order valence-corrected chi connectivity index (χ1v) is 6.25. The normalized spacial score (nSPS) is 18.9. The van der Waals surface area contributed by atoms with E-state index in [1.54, 1.807) is 4.90 Å². The first-order valence-electron chi connectivity index (χ1n) is 6.25. The van der Waals surface area contributed by atoms with Crippen LogP contribution in [0.5, 0.6) is 5.75 Å². The van der Waals surface area contributed by atoms with Gasteiger partial charge in [-0.2, -0.15) is 0 Å². The molecule has 18 heavy (non-hydrogen) atoms. The quantitative estimate of drug-likeness (QED) is 0.823. The standard InChI is InChI=1S/C14H19NO3/c1-4-15-8-12(18-14(15)16)9-17-13-6-5-10(2)7-11(13)3/h5-7,12H,4,8-9H2,1-3H3/t12-/m0/s1. The van der Waals surface area contributed by atoms with E-state index in [0.717, 1.165) is 11.3 Å². The second kappa shape index (κ2) is 5.29. The number of carbonyl (C=O) groups excluding carboxylic acids is 1. The summed E-state index contributed by atoms with van der Waals surface area (Å²) in [5.74, 6) is 0.853. The highest BCUT2D eigenvalue weighted by molar-refractivity contribution is 5.69. The number of benzene rings is 1. The molecule has 4 nitrogen and oxygen atoms in total. The molecule has 1 atom stereocenters. The van der Waals surface area contributed by atoms with Gasteiger partial charge in [-0.05, 0) is 32.4 Å². The Bertz CT molecular complexity index is 445. The van der Waals surface area contributed by atoms with Gasteiger partial charge in [0, 0.05) is 6.54 Å². The van der Waals surface area contributed by atoms with Crippen molar-refractivity contribution in [3.63, 3.8) is 0 Å². The third kappa shape index (κ3) is 2.75. The first kappa shape index (κ1) is 12.7. The van der Waals surface area contributed by atoms with Crippen molar-refractivity contribution in [3.05, 3.63) is 29.3 Å². The van der Waals surface area contributed by atoms with Crippen LogP contribution in [0.4, 0.5) is 4.79 Å². The number of carbonyl (C=O) groups is 1. The second-order valence-corrected chi connectivity index (χ2v) is 4.62. The average Bonchev–Trinajstić information content (AvgIpc) is 2.69. The van der Waals surface area contributed by atoms with Crippen LogP contribution in [0.2, 0.25) is 0 Å². The summed E-state index contributed by atoms with van der Waals surface area (Å²) in [4.78, 5) is 13.1. The molecule has 0 N–H and O–H groups in total. The van der Waals surface area contributed by atoms with E-state index >= 15 is 0 Å². The summed E-state index contributed by atoms with van der Waals surface area (Å²) in [5.41, 5.74) is 2.32. The zero-order chi connectivity index (χ0) is 13.1. The van der Waals surface area contributed by atoms with Gasteiger partial charge >= 0.3 is 6.09 Å². The predicted molar refractivity (Wildman–Crippen MR) is 68.9 cm³/mol. The van der Waals surface area contributed by atoms with Crippen molar-refractivity contribution in [1.29, 1.82) is 0 Å². The largest absolute Gasteiger partial charge is 0.489 e. The lowest BCUT2D eigenvalue weighted by atomic mass is 10.1. The van der Waals surface area contributed by atoms with Crippen LogP contribution in [0, 0.1) is 13.8 Å². The number of hydrogen-bond acceptors (Lipinski definition) is 3. The van der Waals surface area contributed by atoms with Crippen molar-refractivity contribution in [3.8, 4) is 5.75 Å². The van der Waals surface area contributed by atoms with Crippen LogP contribution in [0.3, 0.4) is 0 Å². The SMILES string of the molecule is CCN1C[C@@H](COc2ccc(C)cc2C)OC1=O. The lowest BCUT2D eigenvalue weighted by Crippen LogP contribution is -2.26. The van der Waals surface area contributed by atoms with Crippen molar-refractivity contribution >= 4 is 6.09 Å². The molecule has 1 saturated heterocycles. The molecule has 0 aromatic heterocycles. The fourth-order valence-corrected chi connectivity index (χ4v) is 2.06. The van der Waals surface area contributed by atoms with Crippen LogP contribution in [0.25, 0.3) is 0 Å². The molecule has 0 unspecified atom stereocenters. The molecule has 4 heteroatoms. The van der Waals surface area contributed by atoms with E-state index in [-0.39, 0.29) is 12.2 Å². The Hall–Kier alpha value is -1.71. The van der Waals surface area contributed by atoms with Crippen molar-refractivity contribution in [2.24, 2.45) is 0 Å². The summed E-state index contributed by atoms with van der Waals surface area (Å²) in [6, 6.07) is 6.05. The summed E-state index contributed by atoms with van der Waals surface area (Å²) in [6.45, 7) is 7.70. The molecule has 1 fully saturated rings. The number of hydrogen-bond donors (Lipinski definition) is 0. The summed E-state index contributed by atoms with van der Waals surface area (Å²) < 4.78 is 10.9. The summed E-state index contributed by atoms with van der Waals surface area (Å²) >= 11 is 0. The minimum Gasteiger partial charge on any atom is -0.489 e. The van der Waals surface area contributed by atoms with Gasteiger partial charge in [0.25, 0.3) is 0 Å². The van der Waals surface area contributed by atoms with Gasteiger partial charge in [0.15, 0.2) is 6.10 Å². The maximum absolute atomic E-state index is 11.4. The van der Waals surface area contributed by atoms with Gasteiger partial charge in [-0.1, -0.05) is 17.7 Å². The number of likely N-dealkylation sites (N-methyl/N-ethyl adjacent to an activating group) is 1. The zero-order valence-electron chi connectivity index (χ0n) is 11.1.